The van der Waals surface area contributed by atoms with Crippen LogP contribution in [0, 0.1) is 0 Å². The highest BCUT2D eigenvalue weighted by Crippen LogP contribution is 2.40. The van der Waals surface area contributed by atoms with Gasteiger partial charge in [-0.05, 0) is 0 Å². The van der Waals surface area contributed by atoms with Crippen LogP contribution in [0.4, 0.5) is 0 Å². The Balaban J connectivity index is 1.03. The Kier molecular flexibility index (Phi) is 23.6. The summed E-state index contributed by atoms with van der Waals surface area (Å²) in [7, 11) is 0. The van der Waals surface area contributed by atoms with Gasteiger partial charge in [-0.2, -0.15) is 0 Å². The van der Waals surface area contributed by atoms with Crippen LogP contribution in [0.3, 0.4) is 0 Å². The van der Waals surface area contributed by atoms with E-state index in [1.807, 2.05) is 0 Å². The monoisotopic (exact) mass is 1280 g/mol. The molecule has 0 unspecified atom stereocenters. The average Bonchev–Trinajstić information content (AvgIpc) is 1.29. The molecule has 22 aliphatic heterocycles. The zero-order valence-electron chi connectivity index (χ0n) is 45.6. The zero-order chi connectivity index (χ0) is 63.4. The predicted molar refractivity (Wildman–Crippen MR) is 260 cm³/mol. The van der Waals surface area contributed by atoms with Gasteiger partial charge in [-0.15, -0.1) is 0 Å². The van der Waals surface area contributed by atoms with Gasteiger partial charge < -0.3 is 194 Å². The molecule has 39 nitrogen and oxygen atoms in total. The molecule has 506 valence electrons. The summed E-state index contributed by atoms with van der Waals surface area (Å²) < 4.78 is 86.4. The van der Waals surface area contributed by atoms with Gasteiger partial charge in [0.15, 0.2) is 44.0 Å². The summed E-state index contributed by atoms with van der Waals surface area (Å²) >= 11 is 0. The van der Waals surface area contributed by atoms with Gasteiger partial charge in [0, 0.05) is 6.42 Å². The molecule has 22 rings (SSSR count). The van der Waals surface area contributed by atoms with Crippen LogP contribution in [-0.2, 0) is 71.1 Å². The van der Waals surface area contributed by atoms with E-state index in [-0.39, 0.29) is 0 Å². The molecule has 24 N–H and O–H groups in total. The van der Waals surface area contributed by atoms with Gasteiger partial charge in [0.25, 0.3) is 0 Å². The number of aliphatic hydroxyl groups is 24. The summed E-state index contributed by atoms with van der Waals surface area (Å²) in [6.07, 6.45) is -82.8. The summed E-state index contributed by atoms with van der Waals surface area (Å²) in [5, 5.41) is 266. The van der Waals surface area contributed by atoms with E-state index in [4.69, 9.17) is 71.1 Å². The van der Waals surface area contributed by atoms with Crippen LogP contribution in [0.2, 0.25) is 0 Å². The lowest BCUT2D eigenvalue weighted by Gasteiger charge is -2.50. The molecule has 0 saturated carbocycles. The van der Waals surface area contributed by atoms with Crippen LogP contribution < -0.4 is 0 Å². The number of aliphatic hydroxyl groups excluding tert-OH is 24. The second kappa shape index (κ2) is 29.4. The maximum atomic E-state index is 11.9. The Morgan fingerprint density at radius 2 is 0.322 bits per heavy atom. The van der Waals surface area contributed by atoms with E-state index >= 15 is 0 Å². The highest BCUT2D eigenvalue weighted by atomic mass is 16.8. The van der Waals surface area contributed by atoms with E-state index in [1.165, 1.54) is 0 Å². The van der Waals surface area contributed by atoms with Crippen LogP contribution in [0.5, 0.6) is 0 Å². The Hall–Kier alpha value is -1.56. The SMILES string of the molecule is OC[C@H]1O[C@@H](C[C@H]2O[C@@H]3O[C@H]4[C@H](O)[C@@H](O)[C@@H](O[C@H]5[C@H](O)[C@@H](O)[C@@H](O[C@H]6[C@H](O)[C@@H](O)[C@@H](O[C@H]7[C@H](O)[C@@H](O)[C@@H](O[C@H]8[C@H](O)[C@@H](O)[C@@H](O[C@H]9[C@H](O)[C@@H](O)[C@@H](O[C@H]2[C@H](O)[C@H]3O)O[C@@H]9CO)O[C@@H]8CO)O[C@@H]7CO)O[C@@H]6CO)O[C@@H]5CO)O[C@@H]4CO)[C@H](O)[C@@H](O)[C@@H]1O. The number of rotatable bonds is 9. The molecule has 22 aliphatic rings. The van der Waals surface area contributed by atoms with Gasteiger partial charge in [0.2, 0.25) is 0 Å². The lowest BCUT2D eigenvalue weighted by atomic mass is 9.88. The molecule has 0 aliphatic carbocycles. The first-order chi connectivity index (χ1) is 41.4. The van der Waals surface area contributed by atoms with Gasteiger partial charge in [-0.3, -0.25) is 0 Å². The van der Waals surface area contributed by atoms with E-state index in [1.54, 1.807) is 0 Å². The van der Waals surface area contributed by atoms with E-state index in [9.17, 15) is 123 Å². The van der Waals surface area contributed by atoms with Gasteiger partial charge >= 0.3 is 0 Å². The minimum atomic E-state index is -2.35. The minimum absolute atomic E-state index is 0.768. The van der Waals surface area contributed by atoms with Crippen molar-refractivity contribution in [1.82, 2.24) is 0 Å². The summed E-state index contributed by atoms with van der Waals surface area (Å²) in [5.74, 6) is 0. The molecule has 39 heteroatoms. The molecule has 22 saturated heterocycles. The average molecular weight is 1280 g/mol. The second-order valence-corrected chi connectivity index (χ2v) is 22.6. The van der Waals surface area contributed by atoms with Crippen LogP contribution >= 0.6 is 0 Å². The van der Waals surface area contributed by atoms with Gasteiger partial charge in [-0.1, -0.05) is 0 Å². The first-order valence-electron chi connectivity index (χ1n) is 28.0. The molecule has 22 fully saturated rings. The molecule has 22 heterocycles. The molecule has 0 aromatic carbocycles. The predicted octanol–water partition coefficient (Wildman–Crippen LogP) is -17.0. The van der Waals surface area contributed by atoms with E-state index in [0.717, 1.165) is 0 Å². The fourth-order valence-electron chi connectivity index (χ4n) is 12.1. The quantitative estimate of drug-likeness (QED) is 0.102. The Morgan fingerprint density at radius 3 is 0.517 bits per heavy atom. The van der Waals surface area contributed by atoms with E-state index in [2.05, 4.69) is 0 Å². The van der Waals surface area contributed by atoms with Gasteiger partial charge in [0.1, 0.15) is 189 Å². The lowest BCUT2D eigenvalue weighted by molar-refractivity contribution is -0.397. The zero-order valence-corrected chi connectivity index (χ0v) is 45.6. The van der Waals surface area contributed by atoms with Crippen molar-refractivity contribution >= 4 is 0 Å². The van der Waals surface area contributed by atoms with Crippen LogP contribution in [0.15, 0.2) is 0 Å². The van der Waals surface area contributed by atoms with Crippen LogP contribution in [0.1, 0.15) is 6.42 Å². The third kappa shape index (κ3) is 13.7. The highest BCUT2D eigenvalue weighted by Gasteiger charge is 2.60. The van der Waals surface area contributed by atoms with Gasteiger partial charge in [0.05, 0.1) is 58.5 Å². The molecular weight excluding hydrogens is 1200 g/mol. The fourth-order valence-corrected chi connectivity index (χ4v) is 12.1. The third-order valence-corrected chi connectivity index (χ3v) is 17.1. The number of hydrogen-bond donors (Lipinski definition) is 24. The molecular formula is C48H80O39. The Bertz CT molecular complexity index is 2110. The van der Waals surface area contributed by atoms with Crippen molar-refractivity contribution < 1.29 is 194 Å². The van der Waals surface area contributed by atoms with Gasteiger partial charge in [-0.25, -0.2) is 0 Å². The fraction of sp³-hybridized carbons (Fsp3) is 1.00. The topological polar surface area (TPSA) is 624 Å². The van der Waals surface area contributed by atoms with Crippen molar-refractivity contribution in [3.63, 3.8) is 0 Å². The van der Waals surface area contributed by atoms with Crippen LogP contribution in [-0.4, -0.2) is 414 Å². The number of ether oxygens (including phenoxy) is 15. The third-order valence-electron chi connectivity index (χ3n) is 17.1. The number of hydrogen-bond acceptors (Lipinski definition) is 39. The van der Waals surface area contributed by atoms with Crippen molar-refractivity contribution in [3.8, 4) is 0 Å². The summed E-state index contributed by atoms with van der Waals surface area (Å²) in [6.45, 7) is -7.50. The largest absolute Gasteiger partial charge is 0.394 e. The van der Waals surface area contributed by atoms with Crippen molar-refractivity contribution in [2.24, 2.45) is 0 Å². The summed E-state index contributed by atoms with van der Waals surface area (Å²) in [4.78, 5) is 0. The molecule has 0 aromatic heterocycles. The van der Waals surface area contributed by atoms with Crippen molar-refractivity contribution in [2.45, 2.75) is 252 Å². The smallest absolute Gasteiger partial charge is 0.187 e. The molecule has 0 amide bonds. The molecule has 0 spiro atoms. The molecule has 87 heavy (non-hydrogen) atoms. The lowest BCUT2D eigenvalue weighted by Crippen LogP contribution is -2.68. The van der Waals surface area contributed by atoms with Crippen molar-refractivity contribution in [3.05, 3.63) is 0 Å². The minimum Gasteiger partial charge on any atom is -0.394 e. The maximum Gasteiger partial charge on any atom is 0.187 e. The van der Waals surface area contributed by atoms with Crippen molar-refractivity contribution in [2.75, 3.05) is 46.2 Å². The van der Waals surface area contributed by atoms with Crippen molar-refractivity contribution in [1.29, 1.82) is 0 Å². The standard InChI is InChI=1S/C48H80O39/c49-2-11-19(57)20(58)18(56)9(73-11)1-10-35-21(59)28(66)42(74-10)82-36-12(3-50)76-44(30(68)23(36)61)84-38-14(5-52)78-46(32(70)25(38)63)86-40-16(7-54)80-48(34(72)27(40)65)87-41-17(8-55)79-47(33(71)26(41)64)85-39-15(6-53)77-45(31(69)24(39)62)83-37-13(4-51)75-43(81-35)29(67)22(37)60/h9-72H,1-8H2/t9-,10+,11+,12+,13+,14+,15+,16+,17+,18-,19+,20+,21+,22+,23+,24+,25+,26+,27+,28+,29+,30+,31+,32+,33+,34+,35+,36+,37+,38+,39+,40+,41+,42+,43+,44+,45+,46+,47+,48+/m0/s1. The Labute approximate surface area is 491 Å². The molecule has 14 bridgehead atoms. The normalized spacial score (nSPS) is 55.7. The van der Waals surface area contributed by atoms with E-state index < -0.39 is 298 Å². The molecule has 0 aromatic rings. The molecule has 40 atom stereocenters. The Morgan fingerprint density at radius 1 is 0.149 bits per heavy atom. The summed E-state index contributed by atoms with van der Waals surface area (Å²) in [5.41, 5.74) is 0. The second-order valence-electron chi connectivity index (χ2n) is 22.6. The maximum absolute atomic E-state index is 11.9. The highest BCUT2D eigenvalue weighted by molar-refractivity contribution is 5.03. The molecule has 0 radical (unpaired) electrons. The van der Waals surface area contributed by atoms with Crippen LogP contribution in [0.25, 0.3) is 0 Å². The van der Waals surface area contributed by atoms with E-state index in [0.29, 0.717) is 0 Å². The first kappa shape index (κ1) is 69.8. The first-order valence-corrected chi connectivity index (χ1v) is 28.0. The summed E-state index contributed by atoms with van der Waals surface area (Å²) in [6, 6.07) is 0.